The highest BCUT2D eigenvalue weighted by molar-refractivity contribution is 6.31. The van der Waals surface area contributed by atoms with Gasteiger partial charge in [0.15, 0.2) is 5.60 Å². The molecule has 3 heterocycles. The Kier molecular flexibility index (Phi) is 6.95. The number of aliphatic hydroxyl groups is 1. The number of primary amides is 1. The van der Waals surface area contributed by atoms with E-state index in [2.05, 4.69) is 15.3 Å². The Morgan fingerprint density at radius 3 is 2.48 bits per heavy atom. The number of nitrogens with zero attached hydrogens (tertiary/aromatic N) is 3. The highest BCUT2D eigenvalue weighted by atomic mass is 35.5. The van der Waals surface area contributed by atoms with Gasteiger partial charge in [-0.2, -0.15) is 4.98 Å². The van der Waals surface area contributed by atoms with E-state index in [1.165, 1.54) is 32.5 Å². The van der Waals surface area contributed by atoms with Crippen LogP contribution in [0.3, 0.4) is 0 Å². The van der Waals surface area contributed by atoms with E-state index in [1.807, 2.05) is 13.8 Å². The molecule has 1 aliphatic heterocycles. The second kappa shape index (κ2) is 10.1. The molecule has 1 aliphatic rings. The van der Waals surface area contributed by atoms with Crippen molar-refractivity contribution in [2.24, 2.45) is 5.73 Å². The van der Waals surface area contributed by atoms with Gasteiger partial charge in [0.25, 0.3) is 11.8 Å². The molecule has 0 spiro atoms. The van der Waals surface area contributed by atoms with Crippen molar-refractivity contribution in [1.82, 2.24) is 14.5 Å². The molecule has 1 atom stereocenters. The Hall–Kier alpha value is -4.12. The zero-order valence-electron chi connectivity index (χ0n) is 22.0. The molecule has 10 nitrogen and oxygen atoms in total. The number of halogens is 2. The van der Waals surface area contributed by atoms with E-state index >= 15 is 0 Å². The first-order valence-electron chi connectivity index (χ1n) is 12.2. The lowest BCUT2D eigenvalue weighted by molar-refractivity contribution is -0.129. The highest BCUT2D eigenvalue weighted by Gasteiger charge is 2.52. The van der Waals surface area contributed by atoms with E-state index in [9.17, 15) is 14.7 Å². The third-order valence-electron chi connectivity index (χ3n) is 6.74. The van der Waals surface area contributed by atoms with Gasteiger partial charge in [-0.1, -0.05) is 55.2 Å². The Bertz CT molecular complexity index is 1690. The van der Waals surface area contributed by atoms with E-state index in [0.29, 0.717) is 32.7 Å². The van der Waals surface area contributed by atoms with Gasteiger partial charge in [-0.3, -0.25) is 9.59 Å². The van der Waals surface area contributed by atoms with Gasteiger partial charge in [-0.05, 0) is 30.2 Å². The number of amides is 2. The second-order valence-corrected chi connectivity index (χ2v) is 10.3. The lowest BCUT2D eigenvalue weighted by Crippen LogP contribution is -2.38. The van der Waals surface area contributed by atoms with Gasteiger partial charge in [0.1, 0.15) is 5.69 Å². The lowest BCUT2D eigenvalue weighted by atomic mass is 9.82. The predicted molar refractivity (Wildman–Crippen MR) is 151 cm³/mol. The minimum atomic E-state index is -2.30. The molecule has 0 saturated heterocycles. The molecular formula is C28H25Cl2N5O5. The van der Waals surface area contributed by atoms with Gasteiger partial charge < -0.3 is 30.2 Å². The Morgan fingerprint density at radius 2 is 1.85 bits per heavy atom. The largest absolute Gasteiger partial charge is 0.479 e. The summed E-state index contributed by atoms with van der Waals surface area (Å²) in [7, 11) is 2.85. The topological polar surface area (TPSA) is 142 Å². The second-order valence-electron chi connectivity index (χ2n) is 9.45. The number of anilines is 1. The maximum Gasteiger partial charge on any atom is 0.319 e. The molecule has 0 radical (unpaired) electrons. The Balaban J connectivity index is 2.01. The van der Waals surface area contributed by atoms with Crippen molar-refractivity contribution in [3.05, 3.63) is 81.1 Å². The summed E-state index contributed by atoms with van der Waals surface area (Å²) in [6.07, 6.45) is 1.46. The zero-order chi connectivity index (χ0) is 28.9. The van der Waals surface area contributed by atoms with Crippen LogP contribution >= 0.6 is 23.2 Å². The van der Waals surface area contributed by atoms with Gasteiger partial charge in [0.2, 0.25) is 5.88 Å². The number of fused-ring (bicyclic) bond motifs is 1. The number of rotatable bonds is 7. The van der Waals surface area contributed by atoms with Crippen LogP contribution in [0.2, 0.25) is 10.0 Å². The Labute approximate surface area is 239 Å². The summed E-state index contributed by atoms with van der Waals surface area (Å²) in [6, 6.07) is 11.5. The molecule has 12 heteroatoms. The van der Waals surface area contributed by atoms with E-state index in [1.54, 1.807) is 34.9 Å². The first-order chi connectivity index (χ1) is 19.0. The van der Waals surface area contributed by atoms with E-state index in [0.717, 1.165) is 0 Å². The number of aromatic nitrogens is 3. The minimum absolute atomic E-state index is 0.0152. The summed E-state index contributed by atoms with van der Waals surface area (Å²) in [6.45, 7) is 3.72. The normalized spacial score (nSPS) is 16.1. The summed E-state index contributed by atoms with van der Waals surface area (Å²) in [5.41, 5.74) is 5.69. The molecule has 2 aromatic carbocycles. The van der Waals surface area contributed by atoms with Gasteiger partial charge >= 0.3 is 6.01 Å². The Morgan fingerprint density at radius 1 is 1.12 bits per heavy atom. The number of hydrogen-bond acceptors (Lipinski definition) is 7. The van der Waals surface area contributed by atoms with Crippen LogP contribution in [0.15, 0.2) is 48.7 Å². The number of benzene rings is 2. The minimum Gasteiger partial charge on any atom is -0.479 e. The van der Waals surface area contributed by atoms with Crippen molar-refractivity contribution in [2.75, 3.05) is 19.5 Å². The molecule has 0 bridgehead atoms. The number of carbonyl (C=O) groups excluding carboxylic acids is 2. The molecule has 0 aliphatic carbocycles. The number of methoxy groups -OCH3 is 2. The SMILES string of the molecule is COc1ncc(-n2c(-c3cccc(Cl)c3)c(C(N)=O)c(C3(O)C(=O)Nc4cc(Cl)ccc43)c2C(C)C)c(OC)n1. The number of hydrogen-bond donors (Lipinski definition) is 3. The van der Waals surface area contributed by atoms with Crippen LogP contribution in [0.1, 0.15) is 46.9 Å². The fraction of sp³-hybridized carbons (Fsp3) is 0.214. The van der Waals surface area contributed by atoms with Crippen LogP contribution < -0.4 is 20.5 Å². The van der Waals surface area contributed by atoms with Crippen LogP contribution in [-0.4, -0.2) is 45.7 Å². The molecule has 0 fully saturated rings. The molecule has 4 N–H and O–H groups in total. The van der Waals surface area contributed by atoms with Gasteiger partial charge in [0.05, 0.1) is 31.7 Å². The van der Waals surface area contributed by atoms with Crippen molar-refractivity contribution in [2.45, 2.75) is 25.4 Å². The van der Waals surface area contributed by atoms with Crippen LogP contribution in [0.25, 0.3) is 16.9 Å². The van der Waals surface area contributed by atoms with Gasteiger partial charge in [0, 0.05) is 38.1 Å². The first-order valence-corrected chi connectivity index (χ1v) is 12.9. The summed E-state index contributed by atoms with van der Waals surface area (Å²) >= 11 is 12.5. The number of nitrogens with two attached hydrogens (primary N) is 1. The fourth-order valence-corrected chi connectivity index (χ4v) is 5.53. The average Bonchev–Trinajstić information content (AvgIpc) is 3.41. The smallest absolute Gasteiger partial charge is 0.319 e. The summed E-state index contributed by atoms with van der Waals surface area (Å²) in [5.74, 6) is -1.89. The lowest BCUT2D eigenvalue weighted by Gasteiger charge is -2.25. The molecule has 2 amide bonds. The summed E-state index contributed by atoms with van der Waals surface area (Å²) in [4.78, 5) is 35.6. The van der Waals surface area contributed by atoms with Crippen molar-refractivity contribution in [3.8, 4) is 28.8 Å². The predicted octanol–water partition coefficient (Wildman–Crippen LogP) is 4.67. The van der Waals surface area contributed by atoms with Crippen LogP contribution in [0.5, 0.6) is 11.9 Å². The monoisotopic (exact) mass is 581 g/mol. The summed E-state index contributed by atoms with van der Waals surface area (Å²) < 4.78 is 12.4. The first kappa shape index (κ1) is 27.4. The van der Waals surface area contributed by atoms with Crippen LogP contribution in [-0.2, 0) is 10.4 Å². The van der Waals surface area contributed by atoms with Gasteiger partial charge in [-0.25, -0.2) is 4.98 Å². The van der Waals surface area contributed by atoms with Crippen LogP contribution in [0, 0.1) is 0 Å². The van der Waals surface area contributed by atoms with Crippen molar-refractivity contribution < 1.29 is 24.2 Å². The van der Waals surface area contributed by atoms with Crippen molar-refractivity contribution >= 4 is 40.7 Å². The van der Waals surface area contributed by atoms with Crippen molar-refractivity contribution in [3.63, 3.8) is 0 Å². The maximum atomic E-state index is 13.6. The molecule has 5 rings (SSSR count). The molecule has 1 unspecified atom stereocenters. The fourth-order valence-electron chi connectivity index (χ4n) is 5.17. The molecule has 0 saturated carbocycles. The standard InChI is InChI=1S/C28H25Cl2N5O5/c1-13(2)22-21(28(38)17-9-8-16(30)11-18(17)33-26(28)37)20(24(31)36)23(14-6-5-7-15(29)10-14)35(22)19-12-32-27(40-4)34-25(19)39-3/h5-13,38H,1-4H3,(H2,31,36)(H,33,37). The van der Waals surface area contributed by atoms with Crippen molar-refractivity contribution in [1.29, 1.82) is 0 Å². The third kappa shape index (κ3) is 4.16. The highest BCUT2D eigenvalue weighted by Crippen LogP contribution is 2.50. The quantitative estimate of drug-likeness (QED) is 0.288. The molecule has 2 aromatic heterocycles. The van der Waals surface area contributed by atoms with Crippen LogP contribution in [0.4, 0.5) is 5.69 Å². The third-order valence-corrected chi connectivity index (χ3v) is 7.21. The zero-order valence-corrected chi connectivity index (χ0v) is 23.5. The molecule has 4 aromatic rings. The van der Waals surface area contributed by atoms with Gasteiger partial charge in [-0.15, -0.1) is 0 Å². The van der Waals surface area contributed by atoms with E-state index < -0.39 is 17.4 Å². The molecule has 206 valence electrons. The number of ether oxygens (including phenoxy) is 2. The molecular weight excluding hydrogens is 557 g/mol. The van der Waals surface area contributed by atoms with E-state index in [4.69, 9.17) is 38.4 Å². The number of nitrogens with one attached hydrogen (secondary N) is 1. The summed E-state index contributed by atoms with van der Waals surface area (Å²) in [5, 5.41) is 15.8. The average molecular weight is 582 g/mol. The maximum absolute atomic E-state index is 13.6. The number of carbonyl (C=O) groups is 2. The molecule has 40 heavy (non-hydrogen) atoms. The van der Waals surface area contributed by atoms with E-state index in [-0.39, 0.29) is 40.2 Å².